The average molecular weight is 271 g/mol. The van der Waals surface area contributed by atoms with E-state index in [4.69, 9.17) is 0 Å². The lowest BCUT2D eigenvalue weighted by Crippen LogP contribution is -2.33. The number of amides is 1. The van der Waals surface area contributed by atoms with Crippen molar-refractivity contribution in [2.75, 3.05) is 18.6 Å². The average Bonchev–Trinajstić information content (AvgIpc) is 2.77. The Bertz CT molecular complexity index is 322. The van der Waals surface area contributed by atoms with Crippen LogP contribution in [0, 0.1) is 5.92 Å². The van der Waals surface area contributed by atoms with E-state index in [1.807, 2.05) is 11.2 Å². The summed E-state index contributed by atoms with van der Waals surface area (Å²) in [5, 5.41) is 4.18. The molecule has 0 N–H and O–H groups in total. The molecule has 1 aromatic heterocycles. The fourth-order valence-corrected chi connectivity index (χ4v) is 2.68. The Balaban J connectivity index is 2.56. The number of thioether (sulfide) groups is 1. The Hall–Kier alpha value is -0.480. The maximum Gasteiger partial charge on any atom is 0.223 e. The molecule has 0 aliphatic heterocycles. The van der Waals surface area contributed by atoms with Gasteiger partial charge in [-0.3, -0.25) is 4.79 Å². The third-order valence-electron chi connectivity index (χ3n) is 2.41. The molecule has 1 aromatic rings. The summed E-state index contributed by atoms with van der Waals surface area (Å²) in [4.78, 5) is 14.1. The normalized spacial score (nSPS) is 10.8. The minimum absolute atomic E-state index is 0.277. The van der Waals surface area contributed by atoms with Gasteiger partial charge in [-0.1, -0.05) is 13.8 Å². The SMILES string of the molecule is CSCCC(=O)N(Cc1ccsc1)CC(C)C. The van der Waals surface area contributed by atoms with Crippen molar-refractivity contribution in [1.29, 1.82) is 0 Å². The molecule has 1 heterocycles. The molecule has 0 radical (unpaired) electrons. The number of hydrogen-bond donors (Lipinski definition) is 0. The number of carbonyl (C=O) groups excluding carboxylic acids is 1. The molecule has 0 aliphatic carbocycles. The second kappa shape index (κ2) is 7.77. The number of thiophene rings is 1. The van der Waals surface area contributed by atoms with Crippen LogP contribution in [0.5, 0.6) is 0 Å². The van der Waals surface area contributed by atoms with Crippen LogP contribution in [0.2, 0.25) is 0 Å². The van der Waals surface area contributed by atoms with Crippen LogP contribution in [0.25, 0.3) is 0 Å². The Morgan fingerprint density at radius 3 is 2.82 bits per heavy atom. The van der Waals surface area contributed by atoms with E-state index < -0.39 is 0 Å². The van der Waals surface area contributed by atoms with Crippen molar-refractivity contribution in [1.82, 2.24) is 4.90 Å². The molecule has 2 nitrogen and oxygen atoms in total. The number of carbonyl (C=O) groups is 1. The van der Waals surface area contributed by atoms with Crippen LogP contribution >= 0.6 is 23.1 Å². The molecule has 0 unspecified atom stereocenters. The highest BCUT2D eigenvalue weighted by Gasteiger charge is 2.14. The summed E-state index contributed by atoms with van der Waals surface area (Å²) in [6.07, 6.45) is 2.69. The first kappa shape index (κ1) is 14.6. The number of hydrogen-bond acceptors (Lipinski definition) is 3. The monoisotopic (exact) mass is 271 g/mol. The van der Waals surface area contributed by atoms with Crippen LogP contribution in [0.3, 0.4) is 0 Å². The zero-order valence-electron chi connectivity index (χ0n) is 10.8. The molecular formula is C13H21NOS2. The van der Waals surface area contributed by atoms with Crippen molar-refractivity contribution in [2.45, 2.75) is 26.8 Å². The molecule has 0 saturated carbocycles. The molecule has 4 heteroatoms. The van der Waals surface area contributed by atoms with Crippen molar-refractivity contribution in [3.8, 4) is 0 Å². The minimum atomic E-state index is 0.277. The summed E-state index contributed by atoms with van der Waals surface area (Å²) in [5.41, 5.74) is 1.24. The largest absolute Gasteiger partial charge is 0.338 e. The van der Waals surface area contributed by atoms with Gasteiger partial charge in [0, 0.05) is 25.3 Å². The molecular weight excluding hydrogens is 250 g/mol. The van der Waals surface area contributed by atoms with Gasteiger partial charge in [-0.25, -0.2) is 0 Å². The van der Waals surface area contributed by atoms with Gasteiger partial charge in [0.1, 0.15) is 0 Å². The summed E-state index contributed by atoms with van der Waals surface area (Å²) in [6.45, 7) is 5.92. The molecule has 0 bridgehead atoms. The van der Waals surface area contributed by atoms with E-state index in [-0.39, 0.29) is 5.91 Å². The molecule has 1 amide bonds. The highest BCUT2D eigenvalue weighted by molar-refractivity contribution is 7.98. The third-order valence-corrected chi connectivity index (χ3v) is 3.76. The second-order valence-electron chi connectivity index (χ2n) is 4.54. The highest BCUT2D eigenvalue weighted by Crippen LogP contribution is 2.13. The summed E-state index contributed by atoms with van der Waals surface area (Å²) < 4.78 is 0. The first-order valence-electron chi connectivity index (χ1n) is 5.91. The summed E-state index contributed by atoms with van der Waals surface area (Å²) in [5.74, 6) is 1.71. The smallest absolute Gasteiger partial charge is 0.223 e. The van der Waals surface area contributed by atoms with Crippen molar-refractivity contribution in [3.05, 3.63) is 22.4 Å². The van der Waals surface area contributed by atoms with Gasteiger partial charge in [-0.2, -0.15) is 23.1 Å². The summed E-state index contributed by atoms with van der Waals surface area (Å²) in [6, 6.07) is 2.10. The Morgan fingerprint density at radius 1 is 1.53 bits per heavy atom. The van der Waals surface area contributed by atoms with Gasteiger partial charge in [0.15, 0.2) is 0 Å². The summed E-state index contributed by atoms with van der Waals surface area (Å²) in [7, 11) is 0. The van der Waals surface area contributed by atoms with E-state index in [0.29, 0.717) is 12.3 Å². The van der Waals surface area contributed by atoms with Gasteiger partial charge in [-0.15, -0.1) is 0 Å². The van der Waals surface area contributed by atoms with Gasteiger partial charge in [0.2, 0.25) is 5.91 Å². The first-order chi connectivity index (χ1) is 8.13. The quantitative estimate of drug-likeness (QED) is 0.756. The number of nitrogens with zero attached hydrogens (tertiary/aromatic N) is 1. The molecule has 0 saturated heterocycles. The van der Waals surface area contributed by atoms with Crippen molar-refractivity contribution in [3.63, 3.8) is 0 Å². The maximum absolute atomic E-state index is 12.1. The molecule has 17 heavy (non-hydrogen) atoms. The van der Waals surface area contributed by atoms with E-state index in [2.05, 4.69) is 30.7 Å². The lowest BCUT2D eigenvalue weighted by molar-refractivity contribution is -0.131. The second-order valence-corrected chi connectivity index (χ2v) is 6.31. The Morgan fingerprint density at radius 2 is 2.29 bits per heavy atom. The molecule has 0 atom stereocenters. The Labute approximate surface area is 112 Å². The molecule has 96 valence electrons. The first-order valence-corrected chi connectivity index (χ1v) is 8.25. The van der Waals surface area contributed by atoms with Crippen LogP contribution in [0.1, 0.15) is 25.8 Å². The zero-order chi connectivity index (χ0) is 12.7. The van der Waals surface area contributed by atoms with Gasteiger partial charge >= 0.3 is 0 Å². The standard InChI is InChI=1S/C13H21NOS2/c1-11(2)8-14(13(15)5-6-16-3)9-12-4-7-17-10-12/h4,7,10-11H,5-6,8-9H2,1-3H3. The predicted molar refractivity (Wildman–Crippen MR) is 77.6 cm³/mol. The zero-order valence-corrected chi connectivity index (χ0v) is 12.4. The van der Waals surface area contributed by atoms with Gasteiger partial charge < -0.3 is 4.90 Å². The van der Waals surface area contributed by atoms with Gasteiger partial charge in [0.25, 0.3) is 0 Å². The third kappa shape index (κ3) is 5.59. The minimum Gasteiger partial charge on any atom is -0.338 e. The number of rotatable bonds is 7. The summed E-state index contributed by atoms with van der Waals surface area (Å²) >= 11 is 3.42. The van der Waals surface area contributed by atoms with Crippen molar-refractivity contribution in [2.24, 2.45) is 5.92 Å². The molecule has 0 fully saturated rings. The van der Waals surface area contributed by atoms with Crippen LogP contribution in [0.15, 0.2) is 16.8 Å². The van der Waals surface area contributed by atoms with E-state index >= 15 is 0 Å². The van der Waals surface area contributed by atoms with Crippen LogP contribution in [0.4, 0.5) is 0 Å². The fourth-order valence-electron chi connectivity index (χ4n) is 1.65. The van der Waals surface area contributed by atoms with E-state index in [0.717, 1.165) is 18.8 Å². The van der Waals surface area contributed by atoms with E-state index in [1.54, 1.807) is 23.1 Å². The lowest BCUT2D eigenvalue weighted by Gasteiger charge is -2.24. The van der Waals surface area contributed by atoms with E-state index in [9.17, 15) is 4.79 Å². The van der Waals surface area contributed by atoms with Crippen LogP contribution in [-0.4, -0.2) is 29.4 Å². The fraction of sp³-hybridized carbons (Fsp3) is 0.615. The Kier molecular flexibility index (Phi) is 6.66. The lowest BCUT2D eigenvalue weighted by atomic mass is 10.2. The molecule has 0 aliphatic rings. The highest BCUT2D eigenvalue weighted by atomic mass is 32.2. The van der Waals surface area contributed by atoms with E-state index in [1.165, 1.54) is 5.56 Å². The van der Waals surface area contributed by atoms with Gasteiger partial charge in [-0.05, 0) is 34.6 Å². The van der Waals surface area contributed by atoms with Gasteiger partial charge in [0.05, 0.1) is 0 Å². The predicted octanol–water partition coefficient (Wildman–Crippen LogP) is 3.49. The van der Waals surface area contributed by atoms with Crippen molar-refractivity contribution >= 4 is 29.0 Å². The molecule has 0 spiro atoms. The molecule has 0 aromatic carbocycles. The maximum atomic E-state index is 12.1. The topological polar surface area (TPSA) is 20.3 Å². The van der Waals surface area contributed by atoms with Crippen LogP contribution in [-0.2, 0) is 11.3 Å². The van der Waals surface area contributed by atoms with Crippen molar-refractivity contribution < 1.29 is 4.79 Å². The van der Waals surface area contributed by atoms with Crippen LogP contribution < -0.4 is 0 Å². The molecule has 1 rings (SSSR count).